The van der Waals surface area contributed by atoms with E-state index in [9.17, 15) is 14.4 Å². The molecule has 0 bridgehead atoms. The SMILES string of the molecule is O=C1NCCOC2CCCN(C(=O)Cc3c[nH]c4ccccc4c3=O)C12. The van der Waals surface area contributed by atoms with Crippen molar-refractivity contribution < 1.29 is 14.3 Å². The molecule has 0 radical (unpaired) electrons. The lowest BCUT2D eigenvalue weighted by atomic mass is 9.97. The summed E-state index contributed by atoms with van der Waals surface area (Å²) in [6, 6.07) is 6.60. The Bertz CT molecular complexity index is 907. The largest absolute Gasteiger partial charge is 0.374 e. The molecule has 2 fully saturated rings. The molecule has 7 heteroatoms. The molecule has 26 heavy (non-hydrogen) atoms. The molecule has 0 saturated carbocycles. The number of piperidine rings is 1. The van der Waals surface area contributed by atoms with E-state index in [0.29, 0.717) is 30.6 Å². The molecule has 136 valence electrons. The number of nitrogens with zero attached hydrogens (tertiary/aromatic N) is 1. The van der Waals surface area contributed by atoms with Crippen LogP contribution in [0.2, 0.25) is 0 Å². The molecular weight excluding hydrogens is 334 g/mol. The summed E-state index contributed by atoms with van der Waals surface area (Å²) in [7, 11) is 0. The predicted molar refractivity (Wildman–Crippen MR) is 95.8 cm³/mol. The number of H-pyrrole nitrogens is 1. The van der Waals surface area contributed by atoms with E-state index in [1.165, 1.54) is 0 Å². The van der Waals surface area contributed by atoms with Crippen LogP contribution in [0.5, 0.6) is 0 Å². The van der Waals surface area contributed by atoms with Crippen LogP contribution in [0.4, 0.5) is 0 Å². The summed E-state index contributed by atoms with van der Waals surface area (Å²) in [5.74, 6) is -0.394. The fourth-order valence-electron chi connectivity index (χ4n) is 3.82. The van der Waals surface area contributed by atoms with Gasteiger partial charge in [-0.1, -0.05) is 12.1 Å². The van der Waals surface area contributed by atoms with Crippen LogP contribution in [-0.2, 0) is 20.7 Å². The third kappa shape index (κ3) is 2.99. The lowest BCUT2D eigenvalue weighted by molar-refractivity contribution is -0.147. The van der Waals surface area contributed by atoms with Crippen molar-refractivity contribution in [2.24, 2.45) is 0 Å². The molecule has 2 saturated heterocycles. The van der Waals surface area contributed by atoms with E-state index >= 15 is 0 Å². The van der Waals surface area contributed by atoms with Gasteiger partial charge in [-0.15, -0.1) is 0 Å². The van der Waals surface area contributed by atoms with Crippen molar-refractivity contribution in [2.45, 2.75) is 31.4 Å². The van der Waals surface area contributed by atoms with Gasteiger partial charge in [-0.2, -0.15) is 0 Å². The lowest BCUT2D eigenvalue weighted by Crippen LogP contribution is -2.57. The number of hydrogen-bond acceptors (Lipinski definition) is 4. The number of benzene rings is 1. The molecule has 2 aliphatic rings. The van der Waals surface area contributed by atoms with E-state index in [1.807, 2.05) is 12.1 Å². The van der Waals surface area contributed by atoms with E-state index in [2.05, 4.69) is 10.3 Å². The van der Waals surface area contributed by atoms with Gasteiger partial charge in [0.25, 0.3) is 0 Å². The van der Waals surface area contributed by atoms with Crippen molar-refractivity contribution >= 4 is 22.7 Å². The Kier molecular flexibility index (Phi) is 4.46. The Hall–Kier alpha value is -2.67. The Morgan fingerprint density at radius 2 is 2.12 bits per heavy atom. The van der Waals surface area contributed by atoms with Gasteiger partial charge in [-0.25, -0.2) is 0 Å². The first-order valence-corrected chi connectivity index (χ1v) is 8.93. The number of rotatable bonds is 2. The molecule has 2 atom stereocenters. The van der Waals surface area contributed by atoms with Crippen molar-refractivity contribution in [1.29, 1.82) is 0 Å². The smallest absolute Gasteiger partial charge is 0.245 e. The maximum atomic E-state index is 12.9. The Morgan fingerprint density at radius 3 is 3.00 bits per heavy atom. The van der Waals surface area contributed by atoms with Crippen molar-refractivity contribution in [2.75, 3.05) is 19.7 Å². The highest BCUT2D eigenvalue weighted by molar-refractivity contribution is 5.90. The fraction of sp³-hybridized carbons (Fsp3) is 0.421. The van der Waals surface area contributed by atoms with E-state index in [-0.39, 0.29) is 29.8 Å². The van der Waals surface area contributed by atoms with E-state index < -0.39 is 6.04 Å². The van der Waals surface area contributed by atoms with Crippen LogP contribution in [-0.4, -0.2) is 53.5 Å². The zero-order valence-electron chi connectivity index (χ0n) is 14.4. The minimum atomic E-state index is -0.613. The number of carbonyl (C=O) groups is 2. The first-order chi connectivity index (χ1) is 12.6. The second-order valence-corrected chi connectivity index (χ2v) is 6.74. The Balaban J connectivity index is 1.60. The maximum absolute atomic E-state index is 12.9. The average Bonchev–Trinajstić information content (AvgIpc) is 2.86. The second-order valence-electron chi connectivity index (χ2n) is 6.74. The summed E-state index contributed by atoms with van der Waals surface area (Å²) in [6.07, 6.45) is 2.84. The number of likely N-dealkylation sites (tertiary alicyclic amines) is 1. The highest BCUT2D eigenvalue weighted by atomic mass is 16.5. The van der Waals surface area contributed by atoms with Gasteiger partial charge in [-0.05, 0) is 25.0 Å². The fourth-order valence-corrected chi connectivity index (χ4v) is 3.82. The van der Waals surface area contributed by atoms with Gasteiger partial charge in [0.1, 0.15) is 6.04 Å². The van der Waals surface area contributed by atoms with Crippen LogP contribution < -0.4 is 10.7 Å². The zero-order valence-corrected chi connectivity index (χ0v) is 14.4. The van der Waals surface area contributed by atoms with Gasteiger partial charge < -0.3 is 19.9 Å². The summed E-state index contributed by atoms with van der Waals surface area (Å²) in [5, 5.41) is 3.36. The monoisotopic (exact) mass is 355 g/mol. The number of nitrogens with one attached hydrogen (secondary N) is 2. The number of amides is 2. The van der Waals surface area contributed by atoms with Crippen molar-refractivity contribution in [3.63, 3.8) is 0 Å². The standard InChI is InChI=1S/C19H21N3O4/c23-16(10-12-11-21-14-5-2-1-4-13(14)18(12)24)22-8-3-6-15-17(22)19(25)20-7-9-26-15/h1-2,4-5,11,15,17H,3,6-10H2,(H,20,25)(H,21,24). The van der Waals surface area contributed by atoms with Crippen LogP contribution in [0.15, 0.2) is 35.3 Å². The Morgan fingerprint density at radius 1 is 1.27 bits per heavy atom. The van der Waals surface area contributed by atoms with Crippen molar-refractivity contribution in [3.05, 3.63) is 46.2 Å². The number of para-hydroxylation sites is 1. The van der Waals surface area contributed by atoms with E-state index in [4.69, 9.17) is 4.74 Å². The summed E-state index contributed by atoms with van der Waals surface area (Å²) in [5.41, 5.74) is 0.997. The normalized spacial score (nSPS) is 23.2. The van der Waals surface area contributed by atoms with E-state index in [0.717, 1.165) is 18.4 Å². The number of fused-ring (bicyclic) bond motifs is 2. The van der Waals surface area contributed by atoms with Crippen molar-refractivity contribution in [3.8, 4) is 0 Å². The second kappa shape index (κ2) is 6.92. The van der Waals surface area contributed by atoms with Gasteiger partial charge in [0.05, 0.1) is 19.1 Å². The molecule has 2 unspecified atom stereocenters. The molecule has 4 rings (SSSR count). The third-order valence-corrected chi connectivity index (χ3v) is 5.10. The van der Waals surface area contributed by atoms with Crippen molar-refractivity contribution in [1.82, 2.24) is 15.2 Å². The summed E-state index contributed by atoms with van der Waals surface area (Å²) in [6.45, 7) is 1.42. The summed E-state index contributed by atoms with van der Waals surface area (Å²) < 4.78 is 5.74. The minimum absolute atomic E-state index is 0.0311. The molecule has 1 aromatic carbocycles. The molecule has 0 spiro atoms. The molecule has 3 heterocycles. The van der Waals surface area contributed by atoms with Crippen LogP contribution in [0, 0.1) is 0 Å². The minimum Gasteiger partial charge on any atom is -0.374 e. The van der Waals surface area contributed by atoms with Crippen LogP contribution in [0.25, 0.3) is 10.9 Å². The topological polar surface area (TPSA) is 91.5 Å². The van der Waals surface area contributed by atoms with Gasteiger partial charge in [0, 0.05) is 35.8 Å². The van der Waals surface area contributed by atoms with Crippen LogP contribution in [0.3, 0.4) is 0 Å². The molecule has 2 N–H and O–H groups in total. The van der Waals surface area contributed by atoms with Crippen LogP contribution >= 0.6 is 0 Å². The zero-order chi connectivity index (χ0) is 18.1. The number of aromatic nitrogens is 1. The highest BCUT2D eigenvalue weighted by Gasteiger charge is 2.41. The average molecular weight is 355 g/mol. The van der Waals surface area contributed by atoms with Gasteiger partial charge in [-0.3, -0.25) is 14.4 Å². The molecule has 2 aliphatic heterocycles. The molecule has 7 nitrogen and oxygen atoms in total. The molecule has 1 aromatic heterocycles. The predicted octanol–water partition coefficient (Wildman–Crippen LogP) is 0.577. The first kappa shape index (κ1) is 16.8. The van der Waals surface area contributed by atoms with Gasteiger partial charge >= 0.3 is 0 Å². The summed E-state index contributed by atoms with van der Waals surface area (Å²) in [4.78, 5) is 42.6. The molecule has 2 amide bonds. The number of pyridine rings is 1. The molecule has 2 aromatic rings. The number of ether oxygens (including phenoxy) is 1. The van der Waals surface area contributed by atoms with Crippen LogP contribution in [0.1, 0.15) is 18.4 Å². The van der Waals surface area contributed by atoms with Gasteiger partial charge in [0.2, 0.25) is 11.8 Å². The first-order valence-electron chi connectivity index (χ1n) is 8.93. The quantitative estimate of drug-likeness (QED) is 0.824. The Labute approximate surface area is 150 Å². The van der Waals surface area contributed by atoms with E-state index in [1.54, 1.807) is 23.2 Å². The summed E-state index contributed by atoms with van der Waals surface area (Å²) >= 11 is 0. The number of aromatic amines is 1. The maximum Gasteiger partial charge on any atom is 0.245 e. The lowest BCUT2D eigenvalue weighted by Gasteiger charge is -2.38. The molecular formula is C19H21N3O4. The molecule has 0 aliphatic carbocycles. The highest BCUT2D eigenvalue weighted by Crippen LogP contribution is 2.23. The number of hydrogen-bond donors (Lipinski definition) is 2. The number of carbonyl (C=O) groups excluding carboxylic acids is 2. The third-order valence-electron chi connectivity index (χ3n) is 5.10. The van der Waals surface area contributed by atoms with Gasteiger partial charge in [0.15, 0.2) is 5.43 Å².